The van der Waals surface area contributed by atoms with Crippen LogP contribution < -0.4 is 4.74 Å². The molecule has 0 saturated heterocycles. The van der Waals surface area contributed by atoms with E-state index in [-0.39, 0.29) is 11.8 Å². The Balaban J connectivity index is 2.94. The molecule has 15 heavy (non-hydrogen) atoms. The largest absolute Gasteiger partial charge is 0.461 e. The second-order valence-corrected chi connectivity index (χ2v) is 2.50. The van der Waals surface area contributed by atoms with Gasteiger partial charge in [0, 0.05) is 12.4 Å². The molecule has 0 atom stereocenters. The molecule has 0 saturated carbocycles. The van der Waals surface area contributed by atoms with Crippen LogP contribution in [-0.4, -0.2) is 23.8 Å². The van der Waals surface area contributed by atoms with Crippen molar-refractivity contribution < 1.29 is 27.1 Å². The Bertz CT molecular complexity index is 356. The van der Waals surface area contributed by atoms with Gasteiger partial charge in [0.15, 0.2) is 6.29 Å². The molecule has 0 N–H and O–H groups in total. The van der Waals surface area contributed by atoms with Crippen molar-refractivity contribution in [1.29, 1.82) is 0 Å². The van der Waals surface area contributed by atoms with E-state index in [1.54, 1.807) is 0 Å². The van der Waals surface area contributed by atoms with Crippen LogP contribution in [0.5, 0.6) is 5.75 Å². The number of hydrogen-bond acceptors (Lipinski definition) is 3. The second-order valence-electron chi connectivity index (χ2n) is 2.50. The predicted octanol–water partition coefficient (Wildman–Crippen LogP) is 2.13. The minimum atomic E-state index is -4.63. The van der Waals surface area contributed by atoms with Crippen LogP contribution in [0.1, 0.15) is 10.4 Å². The van der Waals surface area contributed by atoms with Crippen molar-refractivity contribution in [3.8, 4) is 5.75 Å². The minimum absolute atomic E-state index is 0.184. The molecule has 0 aromatic carbocycles. The first-order valence-corrected chi connectivity index (χ1v) is 3.71. The van der Waals surface area contributed by atoms with Crippen LogP contribution in [0.3, 0.4) is 0 Å². The third kappa shape index (κ3) is 2.64. The molecule has 0 bridgehead atoms. The van der Waals surface area contributed by atoms with Crippen LogP contribution >= 0.6 is 0 Å². The summed E-state index contributed by atoms with van der Waals surface area (Å²) in [6.07, 6.45) is -6.43. The topological polar surface area (TPSA) is 39.2 Å². The van der Waals surface area contributed by atoms with E-state index < -0.39 is 18.3 Å². The molecule has 0 radical (unpaired) electrons. The van der Waals surface area contributed by atoms with Gasteiger partial charge in [-0.1, -0.05) is 0 Å². The average molecular weight is 223 g/mol. The number of hydrogen-bond donors (Lipinski definition) is 0. The maximum absolute atomic E-state index is 12.4. The van der Waals surface area contributed by atoms with Gasteiger partial charge in [0.2, 0.25) is 0 Å². The highest BCUT2D eigenvalue weighted by molar-refractivity contribution is 5.78. The van der Waals surface area contributed by atoms with Crippen molar-refractivity contribution in [2.24, 2.45) is 0 Å². The van der Waals surface area contributed by atoms with Crippen molar-refractivity contribution in [2.45, 2.75) is 12.5 Å². The van der Waals surface area contributed by atoms with Crippen LogP contribution in [0.15, 0.2) is 18.5 Å². The standard InChI is InChI=1S/C8H5F4NO2/c9-7(10)8(11,12)15-6-1-2-13-3-5(6)4-14/h1-4,7H. The molecule has 1 aromatic rings. The van der Waals surface area contributed by atoms with Gasteiger partial charge in [-0.3, -0.25) is 9.78 Å². The second kappa shape index (κ2) is 4.24. The molecule has 82 valence electrons. The van der Waals surface area contributed by atoms with Crippen LogP contribution in [0.25, 0.3) is 0 Å². The molecule has 1 heterocycles. The fourth-order valence-corrected chi connectivity index (χ4v) is 0.767. The lowest BCUT2D eigenvalue weighted by molar-refractivity contribution is -0.253. The normalized spacial score (nSPS) is 11.5. The number of carbonyl (C=O) groups excluding carboxylic acids is 1. The van der Waals surface area contributed by atoms with Crippen molar-refractivity contribution in [3.05, 3.63) is 24.0 Å². The third-order valence-electron chi connectivity index (χ3n) is 1.44. The number of carbonyl (C=O) groups is 1. The summed E-state index contributed by atoms with van der Waals surface area (Å²) in [7, 11) is 0. The summed E-state index contributed by atoms with van der Waals surface area (Å²) < 4.78 is 52.1. The average Bonchev–Trinajstić information content (AvgIpc) is 2.18. The molecule has 0 aliphatic carbocycles. The maximum Gasteiger partial charge on any atom is 0.461 e. The fraction of sp³-hybridized carbons (Fsp3) is 0.250. The quantitative estimate of drug-likeness (QED) is 0.579. The molecule has 0 amide bonds. The van der Waals surface area contributed by atoms with Gasteiger partial charge < -0.3 is 4.74 Å². The molecule has 1 rings (SSSR count). The Labute approximate surface area is 81.7 Å². The molecule has 0 spiro atoms. The zero-order valence-corrected chi connectivity index (χ0v) is 7.16. The van der Waals surface area contributed by atoms with E-state index in [2.05, 4.69) is 9.72 Å². The number of nitrogens with zero attached hydrogens (tertiary/aromatic N) is 1. The molecule has 1 aromatic heterocycles. The number of aromatic nitrogens is 1. The van der Waals surface area contributed by atoms with E-state index in [0.717, 1.165) is 18.5 Å². The Morgan fingerprint density at radius 2 is 2.13 bits per heavy atom. The van der Waals surface area contributed by atoms with Gasteiger partial charge >= 0.3 is 12.5 Å². The first kappa shape index (κ1) is 11.4. The fourth-order valence-electron chi connectivity index (χ4n) is 0.767. The van der Waals surface area contributed by atoms with Crippen molar-refractivity contribution >= 4 is 6.29 Å². The number of pyridine rings is 1. The molecular formula is C8H5F4NO2. The minimum Gasteiger partial charge on any atom is -0.427 e. The number of aldehydes is 1. The van der Waals surface area contributed by atoms with Crippen LogP contribution in [0.4, 0.5) is 17.6 Å². The lowest BCUT2D eigenvalue weighted by Crippen LogP contribution is -2.33. The third-order valence-corrected chi connectivity index (χ3v) is 1.44. The van der Waals surface area contributed by atoms with Crippen LogP contribution in [0.2, 0.25) is 0 Å². The first-order valence-electron chi connectivity index (χ1n) is 3.71. The Kier molecular flexibility index (Phi) is 3.23. The van der Waals surface area contributed by atoms with Crippen molar-refractivity contribution in [1.82, 2.24) is 4.98 Å². The SMILES string of the molecule is O=Cc1cnccc1OC(F)(F)C(F)F. The van der Waals surface area contributed by atoms with Gasteiger partial charge in [-0.15, -0.1) is 0 Å². The Morgan fingerprint density at radius 1 is 1.47 bits per heavy atom. The van der Waals surface area contributed by atoms with Crippen LogP contribution in [-0.2, 0) is 0 Å². The lowest BCUT2D eigenvalue weighted by Gasteiger charge is -2.17. The summed E-state index contributed by atoms with van der Waals surface area (Å²) >= 11 is 0. The van der Waals surface area contributed by atoms with Gasteiger partial charge in [-0.25, -0.2) is 0 Å². The number of halogens is 4. The van der Waals surface area contributed by atoms with E-state index in [1.165, 1.54) is 0 Å². The highest BCUT2D eigenvalue weighted by atomic mass is 19.3. The summed E-state index contributed by atoms with van der Waals surface area (Å²) in [6, 6.07) is 0.903. The van der Waals surface area contributed by atoms with E-state index in [0.29, 0.717) is 0 Å². The summed E-state index contributed by atoms with van der Waals surface area (Å²) in [5.74, 6) is -0.634. The number of rotatable bonds is 4. The monoisotopic (exact) mass is 223 g/mol. The number of alkyl halides is 4. The van der Waals surface area contributed by atoms with E-state index in [9.17, 15) is 22.4 Å². The predicted molar refractivity (Wildman–Crippen MR) is 41.2 cm³/mol. The van der Waals surface area contributed by atoms with Crippen molar-refractivity contribution in [2.75, 3.05) is 0 Å². The molecular weight excluding hydrogens is 218 g/mol. The highest BCUT2D eigenvalue weighted by Gasteiger charge is 2.44. The molecule has 3 nitrogen and oxygen atoms in total. The highest BCUT2D eigenvalue weighted by Crippen LogP contribution is 2.28. The van der Waals surface area contributed by atoms with E-state index in [4.69, 9.17) is 0 Å². The zero-order valence-electron chi connectivity index (χ0n) is 7.16. The van der Waals surface area contributed by atoms with Crippen LogP contribution in [0, 0.1) is 0 Å². The Morgan fingerprint density at radius 3 is 2.67 bits per heavy atom. The van der Waals surface area contributed by atoms with Gasteiger partial charge in [0.05, 0.1) is 5.56 Å². The Hall–Kier alpha value is -1.66. The molecule has 0 unspecified atom stereocenters. The molecule has 0 aliphatic heterocycles. The molecule has 0 fully saturated rings. The zero-order chi connectivity index (χ0) is 11.5. The lowest BCUT2D eigenvalue weighted by atomic mass is 10.3. The summed E-state index contributed by atoms with van der Waals surface area (Å²) in [5, 5.41) is 0. The number of ether oxygens (including phenoxy) is 1. The smallest absolute Gasteiger partial charge is 0.427 e. The van der Waals surface area contributed by atoms with Gasteiger partial charge in [-0.05, 0) is 6.07 Å². The first-order chi connectivity index (χ1) is 6.97. The van der Waals surface area contributed by atoms with E-state index >= 15 is 0 Å². The summed E-state index contributed by atoms with van der Waals surface area (Å²) in [4.78, 5) is 13.8. The molecule has 0 aliphatic rings. The van der Waals surface area contributed by atoms with E-state index in [1.807, 2.05) is 0 Å². The van der Waals surface area contributed by atoms with Gasteiger partial charge in [0.1, 0.15) is 5.75 Å². The summed E-state index contributed by atoms with van der Waals surface area (Å²) in [5.41, 5.74) is -0.321. The molecule has 7 heteroatoms. The van der Waals surface area contributed by atoms with Crippen molar-refractivity contribution in [3.63, 3.8) is 0 Å². The summed E-state index contributed by atoms with van der Waals surface area (Å²) in [6.45, 7) is 0. The maximum atomic E-state index is 12.4. The van der Waals surface area contributed by atoms with Gasteiger partial charge in [-0.2, -0.15) is 17.6 Å². The van der Waals surface area contributed by atoms with Gasteiger partial charge in [0.25, 0.3) is 0 Å².